The number of thiazole rings is 2. The Morgan fingerprint density at radius 1 is 0.589 bits per heavy atom. The minimum absolute atomic E-state index is 0.0360. The van der Waals surface area contributed by atoms with Crippen molar-refractivity contribution in [2.24, 2.45) is 0 Å². The van der Waals surface area contributed by atoms with Gasteiger partial charge in [-0.1, -0.05) is 12.1 Å². The highest BCUT2D eigenvalue weighted by atomic mass is 35.5. The van der Waals surface area contributed by atoms with Gasteiger partial charge >= 0.3 is 11.5 Å². The summed E-state index contributed by atoms with van der Waals surface area (Å²) >= 11 is 18.1. The van der Waals surface area contributed by atoms with Gasteiger partial charge in [0.25, 0.3) is 0 Å². The second-order valence-electron chi connectivity index (χ2n) is 17.5. The van der Waals surface area contributed by atoms with E-state index in [1.807, 2.05) is 12.1 Å². The molecule has 18 nitrogen and oxygen atoms in total. The van der Waals surface area contributed by atoms with Gasteiger partial charge in [-0.05, 0) is 114 Å². The molecule has 7 N–H and O–H groups in total. The number of aromatic nitrogens is 2. The van der Waals surface area contributed by atoms with Crippen LogP contribution in [0.2, 0.25) is 0 Å². The van der Waals surface area contributed by atoms with Crippen molar-refractivity contribution in [2.75, 3.05) is 46.7 Å². The molecule has 2 heterocycles. The Hall–Kier alpha value is -5.69. The van der Waals surface area contributed by atoms with E-state index in [9.17, 15) is 36.0 Å². The Labute approximate surface area is 447 Å². The largest absolute Gasteiger partial charge is 0.452 e. The lowest BCUT2D eigenvalue weighted by Gasteiger charge is -2.22. The molecule has 0 aliphatic carbocycles. The lowest BCUT2D eigenvalue weighted by Crippen LogP contribution is -2.40. The highest BCUT2D eigenvalue weighted by Gasteiger charge is 2.28. The number of anilines is 4. The summed E-state index contributed by atoms with van der Waals surface area (Å²) < 4.78 is 67.2. The van der Waals surface area contributed by atoms with Crippen LogP contribution < -0.4 is 31.1 Å². The molecule has 73 heavy (non-hydrogen) atoms. The molecule has 3 amide bonds. The summed E-state index contributed by atoms with van der Waals surface area (Å²) in [6.07, 6.45) is 2.67. The maximum absolute atomic E-state index is 13.3. The number of nitrogens with zero attached hydrogens (tertiary/aromatic N) is 2. The third-order valence-electron chi connectivity index (χ3n) is 8.75. The Morgan fingerprint density at radius 2 is 0.973 bits per heavy atom. The van der Waals surface area contributed by atoms with Gasteiger partial charge in [-0.3, -0.25) is 14.9 Å². The van der Waals surface area contributed by atoms with Crippen LogP contribution in [-0.4, -0.2) is 86.2 Å². The van der Waals surface area contributed by atoms with Gasteiger partial charge in [0.1, 0.15) is 23.2 Å². The minimum atomic E-state index is -3.92. The third-order valence-corrected chi connectivity index (χ3v) is 14.9. The third kappa shape index (κ3) is 19.6. The maximum Gasteiger partial charge on any atom is 0.411 e. The van der Waals surface area contributed by atoms with E-state index in [-0.39, 0.29) is 40.7 Å². The van der Waals surface area contributed by atoms with E-state index < -0.39 is 42.6 Å². The highest BCUT2D eigenvalue weighted by Crippen LogP contribution is 2.39. The molecule has 0 atom stereocenters. The molecule has 0 spiro atoms. The zero-order chi connectivity index (χ0) is 54.3. The summed E-state index contributed by atoms with van der Waals surface area (Å²) in [6.45, 7) is 13.6. The Bertz CT molecular complexity index is 3100. The molecule has 0 aliphatic rings. The van der Waals surface area contributed by atoms with Gasteiger partial charge in [-0.15, -0.1) is 45.9 Å². The van der Waals surface area contributed by atoms with Crippen LogP contribution in [0.5, 0.6) is 0 Å². The quantitative estimate of drug-likeness (QED) is 0.0318. The molecular weight excluding hydrogens is 1080 g/mol. The fraction of sp³-hybridized carbons (Fsp3) is 0.292. The molecule has 0 bridgehead atoms. The van der Waals surface area contributed by atoms with Crippen molar-refractivity contribution in [1.29, 1.82) is 0 Å². The number of nitrogens with two attached hydrogens (primary N) is 1. The van der Waals surface area contributed by atoms with Crippen LogP contribution in [0.3, 0.4) is 0 Å². The lowest BCUT2D eigenvalue weighted by molar-refractivity contribution is -0.115. The second-order valence-corrected chi connectivity index (χ2v) is 23.9. The number of benzene rings is 4. The molecule has 392 valence electrons. The molecule has 6 aromatic rings. The molecule has 0 saturated heterocycles. The number of ether oxygens (including phenoxy) is 2. The van der Waals surface area contributed by atoms with Gasteiger partial charge in [-0.2, -0.15) is 0 Å². The summed E-state index contributed by atoms with van der Waals surface area (Å²) in [7, 11) is -7.77. The van der Waals surface area contributed by atoms with Gasteiger partial charge in [-0.25, -0.2) is 45.8 Å². The Kier molecular flexibility index (Phi) is 21.7. The van der Waals surface area contributed by atoms with E-state index in [0.717, 1.165) is 16.1 Å². The standard InChI is InChI=1S/C24H27ClN4O5S2.C21H24N4O3S2.C3H4Cl2O2/c1-15(30)27-18-9-10-19(21(13-18)36(32,33)29-24(2,3)4)20-14-26-22(35-20)16-5-7-17(8-6-16)28-23(31)34-12-11-25;1-13(26)24-16-9-10-17(19(11-16)30(27,28)25-21(2,3)4)18-12-23-20(29-18)14-5-7-15(22)8-6-14;4-1-2-7-3(5)6/h5-10,13-14,29H,11-12H2,1-4H3,(H,27,30)(H,28,31);5-12,25H,22H2,1-4H3,(H,24,26);1-2H2. The number of halogens is 3. The van der Waals surface area contributed by atoms with Crippen molar-refractivity contribution in [1.82, 2.24) is 19.4 Å². The predicted octanol–water partition coefficient (Wildman–Crippen LogP) is 11.0. The first kappa shape index (κ1) is 59.9. The van der Waals surface area contributed by atoms with Gasteiger partial charge in [0.05, 0.1) is 31.3 Å². The van der Waals surface area contributed by atoms with Crippen LogP contribution >= 0.6 is 57.5 Å². The van der Waals surface area contributed by atoms with Crippen molar-refractivity contribution in [3.05, 3.63) is 97.3 Å². The van der Waals surface area contributed by atoms with Crippen molar-refractivity contribution >= 4 is 124 Å². The lowest BCUT2D eigenvalue weighted by atomic mass is 10.1. The van der Waals surface area contributed by atoms with Crippen LogP contribution in [0.25, 0.3) is 42.0 Å². The van der Waals surface area contributed by atoms with Crippen molar-refractivity contribution in [3.63, 3.8) is 0 Å². The number of carbonyl (C=O) groups excluding carboxylic acids is 4. The number of nitrogens with one attached hydrogen (secondary N) is 5. The first-order valence-electron chi connectivity index (χ1n) is 21.8. The van der Waals surface area contributed by atoms with Crippen molar-refractivity contribution < 1.29 is 45.5 Å². The topological polar surface area (TPSA) is 267 Å². The molecule has 0 unspecified atom stereocenters. The smallest absolute Gasteiger partial charge is 0.411 e. The molecule has 0 aliphatic heterocycles. The number of alkyl halides is 2. The molecule has 4 aromatic carbocycles. The number of hydrogen-bond donors (Lipinski definition) is 6. The first-order valence-corrected chi connectivity index (χ1v) is 27.8. The summed E-state index contributed by atoms with van der Waals surface area (Å²) in [5, 5.41) is 9.30. The number of rotatable bonds is 15. The Morgan fingerprint density at radius 3 is 1.33 bits per heavy atom. The van der Waals surface area contributed by atoms with E-state index >= 15 is 0 Å². The average molecular weight is 1140 g/mol. The monoisotopic (exact) mass is 1140 g/mol. The first-order chi connectivity index (χ1) is 34.1. The fourth-order valence-electron chi connectivity index (χ4n) is 6.16. The number of nitrogen functional groups attached to an aromatic ring is 1. The zero-order valence-corrected chi connectivity index (χ0v) is 46.4. The fourth-order valence-corrected chi connectivity index (χ4v) is 11.8. The number of amides is 3. The predicted molar refractivity (Wildman–Crippen MR) is 293 cm³/mol. The van der Waals surface area contributed by atoms with E-state index in [1.165, 1.54) is 48.7 Å². The van der Waals surface area contributed by atoms with E-state index in [1.54, 1.807) is 115 Å². The summed E-state index contributed by atoms with van der Waals surface area (Å²) in [6, 6.07) is 23.9. The molecule has 0 saturated carbocycles. The zero-order valence-electron chi connectivity index (χ0n) is 40.9. The van der Waals surface area contributed by atoms with E-state index in [2.05, 4.69) is 40.1 Å². The van der Waals surface area contributed by atoms with Crippen LogP contribution in [0, 0.1) is 0 Å². The van der Waals surface area contributed by atoms with E-state index in [4.69, 9.17) is 45.3 Å². The second kappa shape index (κ2) is 26.5. The SMILES string of the molecule is CC(=O)Nc1ccc(-c2cnc(-c3ccc(N)cc3)s2)c(S(=O)(=O)NC(C)(C)C)c1.CC(=O)Nc1ccc(-c2cnc(-c3ccc(NC(=O)OCCCl)cc3)s2)c(S(=O)(=O)NC(C)(C)C)c1.O=C(Cl)OCCCl. The molecule has 6 rings (SSSR count). The summed E-state index contributed by atoms with van der Waals surface area (Å²) in [4.78, 5) is 54.7. The summed E-state index contributed by atoms with van der Waals surface area (Å²) in [5.74, 6) is -0.0823. The Balaban J connectivity index is 0.000000283. The van der Waals surface area contributed by atoms with Gasteiger partial charge in [0, 0.05) is 93.9 Å². The maximum atomic E-state index is 13.3. The van der Waals surface area contributed by atoms with Crippen LogP contribution in [0.15, 0.2) is 107 Å². The molecule has 2 aromatic heterocycles. The normalized spacial score (nSPS) is 11.5. The van der Waals surface area contributed by atoms with Crippen molar-refractivity contribution in [2.45, 2.75) is 76.3 Å². The minimum Gasteiger partial charge on any atom is -0.452 e. The molecule has 0 radical (unpaired) electrons. The summed E-state index contributed by atoms with van der Waals surface area (Å²) in [5.41, 5.74) is 8.22. The number of sulfonamides is 2. The highest BCUT2D eigenvalue weighted by molar-refractivity contribution is 7.90. The van der Waals surface area contributed by atoms with Crippen LogP contribution in [-0.2, 0) is 39.1 Å². The number of hydrogen-bond acceptors (Lipinski definition) is 15. The molecule has 25 heteroatoms. The average Bonchev–Trinajstić information content (AvgIpc) is 3.98. The molecule has 0 fully saturated rings. The van der Waals surface area contributed by atoms with Crippen LogP contribution in [0.4, 0.5) is 32.3 Å². The van der Waals surface area contributed by atoms with Crippen LogP contribution in [0.1, 0.15) is 55.4 Å². The van der Waals surface area contributed by atoms with Gasteiger partial charge < -0.3 is 25.8 Å². The van der Waals surface area contributed by atoms with Crippen molar-refractivity contribution in [3.8, 4) is 42.0 Å². The number of carbonyl (C=O) groups is 4. The van der Waals surface area contributed by atoms with E-state index in [0.29, 0.717) is 54.5 Å². The van der Waals surface area contributed by atoms with Gasteiger partial charge in [0.2, 0.25) is 31.9 Å². The molecular formula is C48H55Cl3N8O10S4. The van der Waals surface area contributed by atoms with Gasteiger partial charge in [0.15, 0.2) is 0 Å².